The van der Waals surface area contributed by atoms with E-state index in [1.165, 1.54) is 17.7 Å². The number of β-amino-alcohol motifs (C(OH)–C–C–N with tert-alkyl or cyclic N) is 1. The Kier molecular flexibility index (Phi) is 5.54. The van der Waals surface area contributed by atoms with Gasteiger partial charge < -0.3 is 9.84 Å². The first-order chi connectivity index (χ1) is 14.0. The predicted molar refractivity (Wildman–Crippen MR) is 109 cm³/mol. The zero-order valence-corrected chi connectivity index (χ0v) is 16.7. The second-order valence-electron chi connectivity index (χ2n) is 7.70. The van der Waals surface area contributed by atoms with Crippen LogP contribution < -0.4 is 9.64 Å². The Hall–Kier alpha value is -2.47. The Morgan fingerprint density at radius 2 is 1.79 bits per heavy atom. The number of nitrogens with zero attached hydrogens (tertiary/aromatic N) is 2. The van der Waals surface area contributed by atoms with E-state index in [9.17, 15) is 13.9 Å². The van der Waals surface area contributed by atoms with Crippen molar-refractivity contribution in [1.82, 2.24) is 0 Å². The minimum atomic E-state index is -2.86. The molecule has 0 aromatic heterocycles. The third-order valence-electron chi connectivity index (χ3n) is 5.93. The number of rotatable bonds is 5. The van der Waals surface area contributed by atoms with Crippen LogP contribution in [0.2, 0.25) is 0 Å². The van der Waals surface area contributed by atoms with Crippen LogP contribution in [-0.2, 0) is 12.1 Å². The van der Waals surface area contributed by atoms with Crippen LogP contribution in [0.1, 0.15) is 43.7 Å². The highest BCUT2D eigenvalue weighted by Crippen LogP contribution is 2.36. The summed E-state index contributed by atoms with van der Waals surface area (Å²) in [7, 11) is 0. The second kappa shape index (κ2) is 8.11. The topological polar surface area (TPSA) is 35.7 Å². The molecule has 1 unspecified atom stereocenters. The van der Waals surface area contributed by atoms with Gasteiger partial charge in [-0.3, -0.25) is 0 Å². The molecule has 2 aromatic rings. The van der Waals surface area contributed by atoms with Gasteiger partial charge in [-0.25, -0.2) is 9.48 Å². The van der Waals surface area contributed by atoms with Gasteiger partial charge in [-0.15, -0.1) is 0 Å². The van der Waals surface area contributed by atoms with Gasteiger partial charge in [0.15, 0.2) is 6.54 Å². The van der Waals surface area contributed by atoms with E-state index in [2.05, 4.69) is 45.4 Å². The molecule has 154 valence electrons. The molecule has 0 saturated heterocycles. The summed E-state index contributed by atoms with van der Waals surface area (Å²) in [5.74, 6) is 1.22. The predicted octanol–water partition coefficient (Wildman–Crippen LogP) is 4.50. The SMILES string of the molecule is CCc1ccc(N2CC(O)(c3ccc(OC(F)F)cc3)[N+]3=C2CCCCC3)cc1. The Morgan fingerprint density at radius 1 is 1.07 bits per heavy atom. The van der Waals surface area contributed by atoms with Gasteiger partial charge in [0.25, 0.3) is 11.6 Å². The maximum atomic E-state index is 12.5. The summed E-state index contributed by atoms with van der Waals surface area (Å²) in [5, 5.41) is 11.8. The highest BCUT2D eigenvalue weighted by atomic mass is 19.3. The van der Waals surface area contributed by atoms with Crippen LogP contribution in [0.15, 0.2) is 48.5 Å². The molecule has 0 spiro atoms. The summed E-state index contributed by atoms with van der Waals surface area (Å²) in [6, 6.07) is 14.8. The van der Waals surface area contributed by atoms with Crippen molar-refractivity contribution < 1.29 is 23.2 Å². The number of hydrogen-bond acceptors (Lipinski definition) is 3. The molecule has 0 fully saturated rings. The van der Waals surface area contributed by atoms with E-state index in [1.54, 1.807) is 12.1 Å². The quantitative estimate of drug-likeness (QED) is 0.750. The first-order valence-electron chi connectivity index (χ1n) is 10.3. The first-order valence-corrected chi connectivity index (χ1v) is 10.3. The maximum absolute atomic E-state index is 12.5. The van der Waals surface area contributed by atoms with Crippen LogP contribution in [0.25, 0.3) is 0 Å². The molecule has 4 nitrogen and oxygen atoms in total. The van der Waals surface area contributed by atoms with E-state index >= 15 is 0 Å². The van der Waals surface area contributed by atoms with Crippen LogP contribution >= 0.6 is 0 Å². The van der Waals surface area contributed by atoms with Crippen molar-refractivity contribution in [3.05, 3.63) is 59.7 Å². The highest BCUT2D eigenvalue weighted by molar-refractivity contribution is 5.95. The number of benzene rings is 2. The molecular weight excluding hydrogens is 374 g/mol. The van der Waals surface area contributed by atoms with Gasteiger partial charge in [0, 0.05) is 12.0 Å². The Labute approximate surface area is 170 Å². The fourth-order valence-electron chi connectivity index (χ4n) is 4.37. The van der Waals surface area contributed by atoms with Crippen LogP contribution in [-0.4, -0.2) is 35.2 Å². The molecule has 1 atom stereocenters. The van der Waals surface area contributed by atoms with Gasteiger partial charge in [0.05, 0.1) is 6.54 Å². The standard InChI is InChI=1S/C23H27F2N2O2/c1-2-17-7-11-19(12-8-17)26-16-23(28,27-15-5-3-4-6-21(26)27)18-9-13-20(14-10-18)29-22(24)25/h7-14,22,28H,2-6,15-16H2,1H3/q+1. The molecule has 29 heavy (non-hydrogen) atoms. The van der Waals surface area contributed by atoms with Crippen molar-refractivity contribution in [3.8, 4) is 5.75 Å². The third-order valence-corrected chi connectivity index (χ3v) is 5.93. The van der Waals surface area contributed by atoms with Gasteiger partial charge in [0.2, 0.25) is 0 Å². The lowest BCUT2D eigenvalue weighted by atomic mass is 10.0. The average Bonchev–Trinajstić information content (AvgIpc) is 2.87. The maximum Gasteiger partial charge on any atom is 0.387 e. The first kappa shape index (κ1) is 19.8. The molecule has 0 amide bonds. The van der Waals surface area contributed by atoms with Crippen molar-refractivity contribution in [3.63, 3.8) is 0 Å². The highest BCUT2D eigenvalue weighted by Gasteiger charge is 2.51. The lowest BCUT2D eigenvalue weighted by Gasteiger charge is -2.23. The van der Waals surface area contributed by atoms with E-state index in [1.807, 2.05) is 0 Å². The largest absolute Gasteiger partial charge is 0.435 e. The number of ether oxygens (including phenoxy) is 1. The molecule has 4 rings (SSSR count). The van der Waals surface area contributed by atoms with Gasteiger partial charge in [-0.2, -0.15) is 8.78 Å². The summed E-state index contributed by atoms with van der Waals surface area (Å²) in [6.07, 6.45) is 5.12. The minimum absolute atomic E-state index is 0.0948. The fraction of sp³-hybridized carbons (Fsp3) is 0.435. The van der Waals surface area contributed by atoms with Gasteiger partial charge in [-0.1, -0.05) is 19.1 Å². The van der Waals surface area contributed by atoms with E-state index < -0.39 is 12.3 Å². The summed E-state index contributed by atoms with van der Waals surface area (Å²) in [4.78, 5) is 2.20. The third kappa shape index (κ3) is 3.86. The molecule has 2 heterocycles. The Morgan fingerprint density at radius 3 is 2.45 bits per heavy atom. The number of halogens is 2. The zero-order chi connectivity index (χ0) is 20.4. The summed E-state index contributed by atoms with van der Waals surface area (Å²) in [6.45, 7) is 0.447. The van der Waals surface area contributed by atoms with E-state index in [-0.39, 0.29) is 5.75 Å². The molecule has 2 aliphatic heterocycles. The molecule has 0 aliphatic carbocycles. The van der Waals surface area contributed by atoms with Crippen molar-refractivity contribution in [2.75, 3.05) is 18.0 Å². The zero-order valence-electron chi connectivity index (χ0n) is 16.7. The van der Waals surface area contributed by atoms with Crippen molar-refractivity contribution >= 4 is 11.5 Å². The molecule has 2 aromatic carbocycles. The van der Waals surface area contributed by atoms with Gasteiger partial charge in [-0.05, 0) is 67.6 Å². The number of anilines is 1. The van der Waals surface area contributed by atoms with Crippen LogP contribution in [0.4, 0.5) is 14.5 Å². The summed E-state index contributed by atoms with van der Waals surface area (Å²) >= 11 is 0. The monoisotopic (exact) mass is 401 g/mol. The normalized spacial score (nSPS) is 22.0. The van der Waals surface area contributed by atoms with E-state index in [0.717, 1.165) is 50.2 Å². The van der Waals surface area contributed by atoms with Gasteiger partial charge >= 0.3 is 6.61 Å². The average molecular weight is 401 g/mol. The molecule has 2 aliphatic rings. The lowest BCUT2D eigenvalue weighted by molar-refractivity contribution is -0.658. The van der Waals surface area contributed by atoms with E-state index in [4.69, 9.17) is 0 Å². The lowest BCUT2D eigenvalue weighted by Crippen LogP contribution is -2.41. The fourth-order valence-corrected chi connectivity index (χ4v) is 4.37. The Bertz CT molecular complexity index is 881. The van der Waals surface area contributed by atoms with Crippen LogP contribution in [0.5, 0.6) is 5.75 Å². The van der Waals surface area contributed by atoms with Crippen molar-refractivity contribution in [2.45, 2.75) is 51.4 Å². The summed E-state index contributed by atoms with van der Waals surface area (Å²) in [5.41, 5.74) is 1.83. The molecule has 1 N–H and O–H groups in total. The number of alkyl halides is 2. The number of aryl methyl sites for hydroxylation is 1. The molecule has 6 heteroatoms. The van der Waals surface area contributed by atoms with E-state index in [0.29, 0.717) is 12.1 Å². The molecule has 0 saturated carbocycles. The molecule has 0 bridgehead atoms. The van der Waals surface area contributed by atoms with Gasteiger partial charge in [0.1, 0.15) is 11.4 Å². The molecular formula is C23H27F2N2O2+. The second-order valence-corrected chi connectivity index (χ2v) is 7.70. The molecule has 0 radical (unpaired) electrons. The Balaban J connectivity index is 1.70. The van der Waals surface area contributed by atoms with Crippen LogP contribution in [0.3, 0.4) is 0 Å². The van der Waals surface area contributed by atoms with Crippen molar-refractivity contribution in [2.24, 2.45) is 0 Å². The minimum Gasteiger partial charge on any atom is -0.435 e. The smallest absolute Gasteiger partial charge is 0.387 e. The van der Waals surface area contributed by atoms with Crippen LogP contribution in [0, 0.1) is 0 Å². The van der Waals surface area contributed by atoms with Crippen molar-refractivity contribution in [1.29, 1.82) is 0 Å². The number of aliphatic hydroxyl groups is 1. The number of amidine groups is 1. The number of hydrogen-bond donors (Lipinski definition) is 1. The summed E-state index contributed by atoms with van der Waals surface area (Å²) < 4.78 is 31.5.